The number of hydrogen-bond donors (Lipinski definition) is 2. The largest absolute Gasteiger partial charge is 0.346 e. The van der Waals surface area contributed by atoms with E-state index in [-0.39, 0.29) is 29.3 Å². The maximum Gasteiger partial charge on any atom is 0.278 e. The van der Waals surface area contributed by atoms with E-state index in [0.717, 1.165) is 0 Å². The lowest BCUT2D eigenvalue weighted by atomic mass is 10.0. The molecule has 2 aromatic rings. The number of aryl methyl sites for hydroxylation is 1. The normalized spacial score (nSPS) is 16.7. The summed E-state index contributed by atoms with van der Waals surface area (Å²) in [5, 5.41) is 13.1. The molecular formula is C16H18FN5O2. The van der Waals surface area contributed by atoms with E-state index in [9.17, 15) is 14.0 Å². The van der Waals surface area contributed by atoms with Crippen molar-refractivity contribution in [2.75, 3.05) is 5.32 Å². The molecule has 8 heteroatoms. The Hall–Kier alpha value is -2.77. The number of amides is 2. The van der Waals surface area contributed by atoms with Crippen LogP contribution in [0.4, 0.5) is 10.1 Å². The fourth-order valence-electron chi connectivity index (χ4n) is 2.53. The Bertz CT molecular complexity index is 815. The molecule has 0 aliphatic carbocycles. The van der Waals surface area contributed by atoms with Crippen molar-refractivity contribution in [2.45, 2.75) is 33.4 Å². The molecule has 0 fully saturated rings. The molecule has 7 nitrogen and oxygen atoms in total. The van der Waals surface area contributed by atoms with Gasteiger partial charge in [-0.15, -0.1) is 5.10 Å². The molecule has 24 heavy (non-hydrogen) atoms. The molecule has 0 bridgehead atoms. The van der Waals surface area contributed by atoms with Crippen molar-refractivity contribution in [3.05, 3.63) is 41.0 Å². The summed E-state index contributed by atoms with van der Waals surface area (Å²) in [6.07, 6.45) is 0. The van der Waals surface area contributed by atoms with Crippen molar-refractivity contribution in [1.29, 1.82) is 0 Å². The van der Waals surface area contributed by atoms with Crippen LogP contribution < -0.4 is 10.6 Å². The first-order chi connectivity index (χ1) is 11.4. The third-order valence-corrected chi connectivity index (χ3v) is 4.09. The van der Waals surface area contributed by atoms with E-state index in [4.69, 9.17) is 0 Å². The van der Waals surface area contributed by atoms with Gasteiger partial charge in [-0.1, -0.05) is 25.1 Å². The van der Waals surface area contributed by atoms with Crippen LogP contribution in [0.15, 0.2) is 18.2 Å². The molecule has 0 unspecified atom stereocenters. The van der Waals surface area contributed by atoms with Gasteiger partial charge in [0.25, 0.3) is 11.8 Å². The Morgan fingerprint density at radius 1 is 1.46 bits per heavy atom. The number of hydrogen-bond acceptors (Lipinski definition) is 4. The van der Waals surface area contributed by atoms with E-state index in [1.54, 1.807) is 19.1 Å². The lowest BCUT2D eigenvalue weighted by molar-refractivity contribution is 0.0869. The Kier molecular flexibility index (Phi) is 4.04. The SMILES string of the molecule is Cc1ccc(NC(=O)c2nnn3c2C(=O)N[C@@H](C(C)C)C3)cc1F. The Labute approximate surface area is 138 Å². The minimum atomic E-state index is -0.599. The molecule has 1 aliphatic rings. The number of carbonyl (C=O) groups is 2. The summed E-state index contributed by atoms with van der Waals surface area (Å²) < 4.78 is 15.0. The van der Waals surface area contributed by atoms with Crippen LogP contribution in [0.5, 0.6) is 0 Å². The fourth-order valence-corrected chi connectivity index (χ4v) is 2.53. The summed E-state index contributed by atoms with van der Waals surface area (Å²) in [6.45, 7) is 6.07. The molecule has 1 aliphatic heterocycles. The molecular weight excluding hydrogens is 313 g/mol. The Balaban J connectivity index is 1.85. The maximum absolute atomic E-state index is 13.6. The monoisotopic (exact) mass is 331 g/mol. The summed E-state index contributed by atoms with van der Waals surface area (Å²) in [4.78, 5) is 24.7. The maximum atomic E-state index is 13.6. The van der Waals surface area contributed by atoms with Crippen molar-refractivity contribution in [3.8, 4) is 0 Å². The van der Waals surface area contributed by atoms with Crippen LogP contribution in [0, 0.1) is 18.7 Å². The first kappa shape index (κ1) is 16.1. The van der Waals surface area contributed by atoms with Gasteiger partial charge in [-0.25, -0.2) is 9.07 Å². The lowest BCUT2D eigenvalue weighted by Gasteiger charge is -2.27. The number of carbonyl (C=O) groups excluding carboxylic acids is 2. The summed E-state index contributed by atoms with van der Waals surface area (Å²) in [5.41, 5.74) is 0.821. The number of nitrogens with zero attached hydrogens (tertiary/aromatic N) is 3. The third kappa shape index (κ3) is 2.86. The first-order valence-corrected chi connectivity index (χ1v) is 7.68. The third-order valence-electron chi connectivity index (χ3n) is 4.09. The van der Waals surface area contributed by atoms with Gasteiger partial charge in [-0.05, 0) is 30.5 Å². The van der Waals surface area contributed by atoms with Crippen molar-refractivity contribution >= 4 is 17.5 Å². The van der Waals surface area contributed by atoms with Gasteiger partial charge in [0, 0.05) is 5.69 Å². The zero-order valence-corrected chi connectivity index (χ0v) is 13.6. The average Bonchev–Trinajstić information content (AvgIpc) is 2.95. The molecule has 0 saturated carbocycles. The number of fused-ring (bicyclic) bond motifs is 1. The number of rotatable bonds is 3. The highest BCUT2D eigenvalue weighted by Crippen LogP contribution is 2.18. The van der Waals surface area contributed by atoms with Gasteiger partial charge >= 0.3 is 0 Å². The van der Waals surface area contributed by atoms with Gasteiger partial charge in [0.2, 0.25) is 0 Å². The molecule has 2 N–H and O–H groups in total. The molecule has 3 rings (SSSR count). The molecule has 2 amide bonds. The highest BCUT2D eigenvalue weighted by molar-refractivity contribution is 6.10. The van der Waals surface area contributed by atoms with Crippen molar-refractivity contribution in [3.63, 3.8) is 0 Å². The van der Waals surface area contributed by atoms with Gasteiger partial charge in [0.15, 0.2) is 11.4 Å². The van der Waals surface area contributed by atoms with Crippen LogP contribution >= 0.6 is 0 Å². The van der Waals surface area contributed by atoms with Crippen LogP contribution in [0.2, 0.25) is 0 Å². The number of nitrogens with one attached hydrogen (secondary N) is 2. The first-order valence-electron chi connectivity index (χ1n) is 7.68. The molecule has 0 spiro atoms. The standard InChI is InChI=1S/C16H18FN5O2/c1-8(2)12-7-22-14(16(24)19-12)13(20-21-22)15(23)18-10-5-4-9(3)11(17)6-10/h4-6,8,12H,7H2,1-3H3,(H,18,23)(H,19,24)/t12-/m1/s1. The minimum absolute atomic E-state index is 0.0613. The smallest absolute Gasteiger partial charge is 0.278 e. The minimum Gasteiger partial charge on any atom is -0.346 e. The van der Waals surface area contributed by atoms with Gasteiger partial charge in [-0.2, -0.15) is 0 Å². The molecule has 1 aromatic heterocycles. The predicted octanol–water partition coefficient (Wildman–Crippen LogP) is 1.75. The van der Waals surface area contributed by atoms with Gasteiger partial charge in [-0.3, -0.25) is 9.59 Å². The molecule has 126 valence electrons. The number of anilines is 1. The molecule has 1 atom stereocenters. The number of halogens is 1. The molecule has 2 heterocycles. The van der Waals surface area contributed by atoms with Crippen LogP contribution in [0.3, 0.4) is 0 Å². The van der Waals surface area contributed by atoms with Gasteiger partial charge < -0.3 is 10.6 Å². The van der Waals surface area contributed by atoms with E-state index in [1.165, 1.54) is 10.7 Å². The highest BCUT2D eigenvalue weighted by Gasteiger charge is 2.33. The molecule has 0 radical (unpaired) electrons. The van der Waals surface area contributed by atoms with Crippen LogP contribution in [-0.2, 0) is 6.54 Å². The van der Waals surface area contributed by atoms with E-state index in [2.05, 4.69) is 20.9 Å². The predicted molar refractivity (Wildman–Crippen MR) is 85.2 cm³/mol. The topological polar surface area (TPSA) is 88.9 Å². The Morgan fingerprint density at radius 3 is 2.88 bits per heavy atom. The van der Waals surface area contributed by atoms with E-state index in [0.29, 0.717) is 17.8 Å². The second-order valence-corrected chi connectivity index (χ2v) is 6.21. The summed E-state index contributed by atoms with van der Waals surface area (Å²) >= 11 is 0. The zero-order valence-electron chi connectivity index (χ0n) is 13.6. The van der Waals surface area contributed by atoms with Gasteiger partial charge in [0.1, 0.15) is 5.82 Å². The second kappa shape index (κ2) is 6.03. The van der Waals surface area contributed by atoms with E-state index < -0.39 is 11.7 Å². The van der Waals surface area contributed by atoms with Crippen LogP contribution in [0.25, 0.3) is 0 Å². The molecule has 1 aromatic carbocycles. The summed E-state index contributed by atoms with van der Waals surface area (Å²) in [7, 11) is 0. The fraction of sp³-hybridized carbons (Fsp3) is 0.375. The highest BCUT2D eigenvalue weighted by atomic mass is 19.1. The Morgan fingerprint density at radius 2 is 2.21 bits per heavy atom. The van der Waals surface area contributed by atoms with Crippen molar-refractivity contribution < 1.29 is 14.0 Å². The number of benzene rings is 1. The van der Waals surface area contributed by atoms with E-state index in [1.807, 2.05) is 13.8 Å². The van der Waals surface area contributed by atoms with Crippen LogP contribution in [0.1, 0.15) is 40.4 Å². The lowest BCUT2D eigenvalue weighted by Crippen LogP contribution is -2.47. The quantitative estimate of drug-likeness (QED) is 0.897. The van der Waals surface area contributed by atoms with E-state index >= 15 is 0 Å². The average molecular weight is 331 g/mol. The molecule has 0 saturated heterocycles. The van der Waals surface area contributed by atoms with Crippen molar-refractivity contribution in [1.82, 2.24) is 20.3 Å². The zero-order chi connectivity index (χ0) is 17.4. The summed E-state index contributed by atoms with van der Waals surface area (Å²) in [6, 6.07) is 4.30. The van der Waals surface area contributed by atoms with Crippen LogP contribution in [-0.4, -0.2) is 32.9 Å². The van der Waals surface area contributed by atoms with Gasteiger partial charge in [0.05, 0.1) is 12.6 Å². The number of aromatic nitrogens is 3. The summed E-state index contributed by atoms with van der Waals surface area (Å²) in [5.74, 6) is -1.17. The second-order valence-electron chi connectivity index (χ2n) is 6.21. The van der Waals surface area contributed by atoms with Crippen molar-refractivity contribution in [2.24, 2.45) is 5.92 Å².